The molecule has 1 amide bonds. The Balaban J connectivity index is 1.69. The van der Waals surface area contributed by atoms with Crippen molar-refractivity contribution in [2.75, 3.05) is 13.1 Å². The first-order chi connectivity index (χ1) is 11.3. The fourth-order valence-corrected chi connectivity index (χ4v) is 2.84. The van der Waals surface area contributed by atoms with Gasteiger partial charge in [-0.05, 0) is 26.0 Å². The predicted octanol–water partition coefficient (Wildman–Crippen LogP) is 2.17. The number of aromatic nitrogens is 1. The average Bonchev–Trinajstić information content (AvgIpc) is 2.95. The van der Waals surface area contributed by atoms with Crippen molar-refractivity contribution in [3.05, 3.63) is 47.6 Å². The molecule has 1 aliphatic heterocycles. The monoisotopic (exact) mass is 334 g/mol. The summed E-state index contributed by atoms with van der Waals surface area (Å²) in [5.74, 6) is -0.223. The first-order valence-corrected chi connectivity index (χ1v) is 7.72. The molecule has 1 N–H and O–H groups in total. The molecule has 0 spiro atoms. The van der Waals surface area contributed by atoms with Crippen LogP contribution in [0.2, 0.25) is 0 Å². The summed E-state index contributed by atoms with van der Waals surface area (Å²) in [6.07, 6.45) is -0.123. The Kier molecular flexibility index (Phi) is 4.28. The number of hydrogen-bond acceptors (Lipinski definition) is 5. The molecule has 6 nitrogen and oxygen atoms in total. The number of rotatable bonds is 3. The molecule has 0 saturated carbocycles. The maximum Gasteiger partial charge on any atom is 0.292 e. The lowest BCUT2D eigenvalue weighted by molar-refractivity contribution is -0.0904. The van der Waals surface area contributed by atoms with Gasteiger partial charge in [0.2, 0.25) is 5.76 Å². The number of aryl methyl sites for hydroxylation is 1. The highest BCUT2D eigenvalue weighted by Gasteiger charge is 2.42. The number of halogens is 1. The second kappa shape index (κ2) is 6.24. The van der Waals surface area contributed by atoms with Crippen LogP contribution in [0.1, 0.15) is 29.6 Å². The number of likely N-dealkylation sites (tertiary alicyclic amines) is 1. The fourth-order valence-electron chi connectivity index (χ4n) is 2.84. The molecule has 1 saturated heterocycles. The molecule has 1 aromatic heterocycles. The van der Waals surface area contributed by atoms with Crippen LogP contribution in [0.15, 0.2) is 34.9 Å². The molecule has 1 aromatic carbocycles. The fraction of sp³-hybridized carbons (Fsp3) is 0.412. The molecule has 128 valence electrons. The zero-order chi connectivity index (χ0) is 17.3. The Labute approximate surface area is 138 Å². The number of ether oxygens (including phenoxy) is 1. The van der Waals surface area contributed by atoms with E-state index in [0.717, 1.165) is 0 Å². The van der Waals surface area contributed by atoms with E-state index in [-0.39, 0.29) is 18.2 Å². The topological polar surface area (TPSA) is 75.8 Å². The maximum atomic E-state index is 13.3. The van der Waals surface area contributed by atoms with Crippen LogP contribution in [-0.4, -0.2) is 45.9 Å². The molecule has 2 atom stereocenters. The predicted molar refractivity (Wildman–Crippen MR) is 83.2 cm³/mol. The van der Waals surface area contributed by atoms with Gasteiger partial charge in [-0.15, -0.1) is 0 Å². The van der Waals surface area contributed by atoms with E-state index in [1.807, 2.05) is 0 Å². The minimum atomic E-state index is -1.27. The van der Waals surface area contributed by atoms with Crippen LogP contribution >= 0.6 is 0 Å². The van der Waals surface area contributed by atoms with Crippen LogP contribution < -0.4 is 4.74 Å². The minimum absolute atomic E-state index is 0.0889. The Morgan fingerprint density at radius 2 is 2.29 bits per heavy atom. The highest BCUT2D eigenvalue weighted by atomic mass is 19.1. The van der Waals surface area contributed by atoms with Crippen LogP contribution in [0.4, 0.5) is 4.39 Å². The van der Waals surface area contributed by atoms with Gasteiger partial charge in [0.25, 0.3) is 5.91 Å². The normalized spacial score (nSPS) is 24.0. The van der Waals surface area contributed by atoms with E-state index in [1.165, 1.54) is 17.0 Å². The van der Waals surface area contributed by atoms with E-state index in [0.29, 0.717) is 24.4 Å². The summed E-state index contributed by atoms with van der Waals surface area (Å²) in [5.41, 5.74) is -0.649. The molecular weight excluding hydrogens is 315 g/mol. The van der Waals surface area contributed by atoms with Gasteiger partial charge in [-0.25, -0.2) is 4.39 Å². The Bertz CT molecular complexity index is 744. The quantitative estimate of drug-likeness (QED) is 0.931. The minimum Gasteiger partial charge on any atom is -0.487 e. The lowest BCUT2D eigenvalue weighted by Crippen LogP contribution is -2.58. The third kappa shape index (κ3) is 3.41. The summed E-state index contributed by atoms with van der Waals surface area (Å²) in [6, 6.07) is 7.33. The lowest BCUT2D eigenvalue weighted by atomic mass is 9.91. The molecule has 2 heterocycles. The summed E-state index contributed by atoms with van der Waals surface area (Å²) >= 11 is 0. The third-order valence-corrected chi connectivity index (χ3v) is 4.07. The van der Waals surface area contributed by atoms with Gasteiger partial charge in [-0.2, -0.15) is 0 Å². The third-order valence-electron chi connectivity index (χ3n) is 4.07. The molecule has 0 unspecified atom stereocenters. The number of carbonyl (C=O) groups is 1. The number of carbonyl (C=O) groups excluding carboxylic acids is 1. The Morgan fingerprint density at radius 3 is 2.92 bits per heavy atom. The number of nitrogens with zero attached hydrogens (tertiary/aromatic N) is 2. The van der Waals surface area contributed by atoms with Gasteiger partial charge in [0.05, 0.1) is 12.2 Å². The molecule has 7 heteroatoms. The standard InChI is InChI=1S/C17H19FN2O4/c1-11-8-14(24-19-11)16(21)20-7-6-15(17(2,22)10-20)23-13-5-3-4-12(18)9-13/h3-5,8-9,15,22H,6-7,10H2,1-2H3/t15-,17-/m0/s1. The van der Waals surface area contributed by atoms with E-state index in [9.17, 15) is 14.3 Å². The van der Waals surface area contributed by atoms with E-state index in [2.05, 4.69) is 5.16 Å². The molecule has 1 aliphatic rings. The van der Waals surface area contributed by atoms with Crippen LogP contribution in [0.3, 0.4) is 0 Å². The molecular formula is C17H19FN2O4. The van der Waals surface area contributed by atoms with Crippen LogP contribution in [0.25, 0.3) is 0 Å². The van der Waals surface area contributed by atoms with Crippen molar-refractivity contribution in [3.63, 3.8) is 0 Å². The van der Waals surface area contributed by atoms with Gasteiger partial charge in [0.15, 0.2) is 0 Å². The van der Waals surface area contributed by atoms with Crippen molar-refractivity contribution < 1.29 is 23.6 Å². The van der Waals surface area contributed by atoms with Crippen molar-refractivity contribution in [2.24, 2.45) is 0 Å². The van der Waals surface area contributed by atoms with Gasteiger partial charge < -0.3 is 19.3 Å². The Morgan fingerprint density at radius 1 is 1.50 bits per heavy atom. The van der Waals surface area contributed by atoms with Crippen molar-refractivity contribution in [1.29, 1.82) is 0 Å². The van der Waals surface area contributed by atoms with E-state index < -0.39 is 17.5 Å². The molecule has 3 rings (SSSR count). The zero-order valence-corrected chi connectivity index (χ0v) is 13.5. The first-order valence-electron chi connectivity index (χ1n) is 7.72. The van der Waals surface area contributed by atoms with Crippen molar-refractivity contribution in [3.8, 4) is 5.75 Å². The van der Waals surface area contributed by atoms with Gasteiger partial charge in [-0.3, -0.25) is 4.79 Å². The molecule has 1 fully saturated rings. The largest absolute Gasteiger partial charge is 0.487 e. The number of β-amino-alcohol motifs (C(OH)–C–C–N with tert-alkyl or cyclic N) is 1. The summed E-state index contributed by atoms with van der Waals surface area (Å²) in [7, 11) is 0. The van der Waals surface area contributed by atoms with Crippen molar-refractivity contribution in [1.82, 2.24) is 10.1 Å². The van der Waals surface area contributed by atoms with Crippen LogP contribution in [-0.2, 0) is 0 Å². The average molecular weight is 334 g/mol. The Hall–Kier alpha value is -2.41. The second-order valence-electron chi connectivity index (χ2n) is 6.27. The number of hydrogen-bond donors (Lipinski definition) is 1. The maximum absolute atomic E-state index is 13.3. The van der Waals surface area contributed by atoms with Crippen LogP contribution in [0, 0.1) is 12.7 Å². The molecule has 0 radical (unpaired) electrons. The van der Waals surface area contributed by atoms with Crippen LogP contribution in [0.5, 0.6) is 5.75 Å². The van der Waals surface area contributed by atoms with Gasteiger partial charge in [0.1, 0.15) is 23.3 Å². The lowest BCUT2D eigenvalue weighted by Gasteiger charge is -2.42. The molecule has 2 aromatic rings. The number of piperidine rings is 1. The number of aliphatic hydroxyl groups is 1. The van der Waals surface area contributed by atoms with Gasteiger partial charge in [-0.1, -0.05) is 11.2 Å². The highest BCUT2D eigenvalue weighted by molar-refractivity contribution is 5.91. The van der Waals surface area contributed by atoms with E-state index in [1.54, 1.807) is 32.0 Å². The molecule has 0 aliphatic carbocycles. The van der Waals surface area contributed by atoms with E-state index in [4.69, 9.17) is 9.26 Å². The SMILES string of the molecule is Cc1cc(C(=O)N2CC[C@H](Oc3cccc(F)c3)[C@@](C)(O)C2)on1. The van der Waals surface area contributed by atoms with Gasteiger partial charge >= 0.3 is 0 Å². The summed E-state index contributed by atoms with van der Waals surface area (Å²) < 4.78 is 24.0. The number of benzene rings is 1. The first kappa shape index (κ1) is 16.4. The van der Waals surface area contributed by atoms with Crippen molar-refractivity contribution >= 4 is 5.91 Å². The highest BCUT2D eigenvalue weighted by Crippen LogP contribution is 2.27. The molecule has 0 bridgehead atoms. The summed E-state index contributed by atoms with van der Waals surface area (Å²) in [6.45, 7) is 3.82. The van der Waals surface area contributed by atoms with Crippen molar-refractivity contribution in [2.45, 2.75) is 32.0 Å². The summed E-state index contributed by atoms with van der Waals surface area (Å²) in [4.78, 5) is 13.9. The zero-order valence-electron chi connectivity index (χ0n) is 13.5. The number of amides is 1. The van der Waals surface area contributed by atoms with Gasteiger partial charge in [0, 0.05) is 25.1 Å². The second-order valence-corrected chi connectivity index (χ2v) is 6.27. The summed E-state index contributed by atoms with van der Waals surface area (Å²) in [5, 5.41) is 14.4. The molecule has 24 heavy (non-hydrogen) atoms. The smallest absolute Gasteiger partial charge is 0.292 e. The van der Waals surface area contributed by atoms with E-state index >= 15 is 0 Å².